The molecule has 2 heterocycles. The zero-order chi connectivity index (χ0) is 21.8. The zero-order valence-corrected chi connectivity index (χ0v) is 19.0. The highest BCUT2D eigenvalue weighted by Crippen LogP contribution is 2.36. The fourth-order valence-electron chi connectivity index (χ4n) is 3.29. The number of nitrogens with zero attached hydrogens (tertiary/aromatic N) is 2. The van der Waals surface area contributed by atoms with E-state index in [0.29, 0.717) is 10.7 Å². The summed E-state index contributed by atoms with van der Waals surface area (Å²) in [5.74, 6) is 0.658. The van der Waals surface area contributed by atoms with E-state index in [9.17, 15) is 4.79 Å². The molecule has 0 saturated carbocycles. The highest BCUT2D eigenvalue weighted by atomic mass is 32.2. The maximum absolute atomic E-state index is 12.4. The summed E-state index contributed by atoms with van der Waals surface area (Å²) < 4.78 is 5.23. The number of benzene rings is 2. The van der Waals surface area contributed by atoms with Gasteiger partial charge in [-0.05, 0) is 73.5 Å². The lowest BCUT2D eigenvalue weighted by Gasteiger charge is -2.11. The van der Waals surface area contributed by atoms with Crippen molar-refractivity contribution < 1.29 is 9.53 Å². The lowest BCUT2D eigenvalue weighted by Crippen LogP contribution is -2.11. The summed E-state index contributed by atoms with van der Waals surface area (Å²) in [5.41, 5.74) is 4.81. The molecule has 5 nitrogen and oxygen atoms in total. The average molecular weight is 448 g/mol. The summed E-state index contributed by atoms with van der Waals surface area (Å²) in [6.07, 6.45) is 3.20. The van der Waals surface area contributed by atoms with E-state index in [1.54, 1.807) is 43.4 Å². The number of carbonyl (C=O) groups is 1. The minimum absolute atomic E-state index is 0.192. The van der Waals surface area contributed by atoms with Gasteiger partial charge >= 0.3 is 0 Å². The minimum atomic E-state index is -0.192. The van der Waals surface area contributed by atoms with Crippen LogP contribution in [0.5, 0.6) is 5.75 Å². The number of nitrogens with one attached hydrogen (secondary N) is 1. The van der Waals surface area contributed by atoms with Crippen molar-refractivity contribution >= 4 is 34.1 Å². The maximum Gasteiger partial charge on any atom is 0.257 e. The summed E-state index contributed by atoms with van der Waals surface area (Å²) in [5, 5.41) is 5.42. The molecular weight excluding hydrogens is 426 g/mol. The van der Waals surface area contributed by atoms with Gasteiger partial charge in [0.2, 0.25) is 0 Å². The highest BCUT2D eigenvalue weighted by molar-refractivity contribution is 7.99. The molecular formula is C24H21N3O2S2. The van der Waals surface area contributed by atoms with Crippen LogP contribution in [0.3, 0.4) is 0 Å². The first-order valence-electron chi connectivity index (χ1n) is 9.64. The van der Waals surface area contributed by atoms with Crippen molar-refractivity contribution in [3.05, 3.63) is 83.0 Å². The smallest absolute Gasteiger partial charge is 0.257 e. The highest BCUT2D eigenvalue weighted by Gasteiger charge is 2.14. The van der Waals surface area contributed by atoms with Gasteiger partial charge in [0.25, 0.3) is 5.91 Å². The lowest BCUT2D eigenvalue weighted by molar-refractivity contribution is 0.102. The van der Waals surface area contributed by atoms with Crippen LogP contribution >= 0.6 is 23.1 Å². The number of aromatic nitrogens is 2. The first kappa shape index (κ1) is 21.1. The zero-order valence-electron chi connectivity index (χ0n) is 17.4. The van der Waals surface area contributed by atoms with Gasteiger partial charge in [0.05, 0.1) is 12.8 Å². The molecule has 2 aromatic heterocycles. The van der Waals surface area contributed by atoms with Crippen molar-refractivity contribution in [2.24, 2.45) is 0 Å². The third-order valence-corrected chi connectivity index (χ3v) is 6.46. The summed E-state index contributed by atoms with van der Waals surface area (Å²) in [6, 6.07) is 15.7. The maximum atomic E-state index is 12.4. The molecule has 4 rings (SSSR count). The van der Waals surface area contributed by atoms with Gasteiger partial charge in [-0.3, -0.25) is 15.1 Å². The first-order chi connectivity index (χ1) is 15.0. The molecule has 0 atom stereocenters. The quantitative estimate of drug-likeness (QED) is 0.379. The Morgan fingerprint density at radius 2 is 1.68 bits per heavy atom. The predicted molar refractivity (Wildman–Crippen MR) is 126 cm³/mol. The molecule has 0 aliphatic carbocycles. The molecule has 1 amide bonds. The SMILES string of the molecule is COc1ccc(Sc2cc(C)c(-c3csc(NC(=O)c4ccncc4)n3)c(C)c2)cc1. The van der Waals surface area contributed by atoms with E-state index >= 15 is 0 Å². The molecule has 0 aliphatic heterocycles. The second kappa shape index (κ2) is 9.32. The van der Waals surface area contributed by atoms with Crippen LogP contribution in [0.1, 0.15) is 21.5 Å². The molecule has 0 bridgehead atoms. The third kappa shape index (κ3) is 4.95. The van der Waals surface area contributed by atoms with Crippen LogP contribution in [0, 0.1) is 13.8 Å². The molecule has 1 N–H and O–H groups in total. The van der Waals surface area contributed by atoms with Gasteiger partial charge in [-0.2, -0.15) is 0 Å². The lowest BCUT2D eigenvalue weighted by atomic mass is 10.0. The molecule has 156 valence electrons. The van der Waals surface area contributed by atoms with E-state index in [2.05, 4.69) is 53.4 Å². The van der Waals surface area contributed by atoms with Crippen molar-refractivity contribution in [2.75, 3.05) is 12.4 Å². The van der Waals surface area contributed by atoms with Crippen LogP contribution in [-0.2, 0) is 0 Å². The number of rotatable bonds is 6. The van der Waals surface area contributed by atoms with Crippen LogP contribution in [0.2, 0.25) is 0 Å². The van der Waals surface area contributed by atoms with E-state index in [1.165, 1.54) is 16.2 Å². The van der Waals surface area contributed by atoms with E-state index in [-0.39, 0.29) is 5.91 Å². The Morgan fingerprint density at radius 1 is 1.00 bits per heavy atom. The Kier molecular flexibility index (Phi) is 6.34. The van der Waals surface area contributed by atoms with Crippen molar-refractivity contribution in [3.8, 4) is 17.0 Å². The number of anilines is 1. The topological polar surface area (TPSA) is 64.1 Å². The van der Waals surface area contributed by atoms with Crippen molar-refractivity contribution in [2.45, 2.75) is 23.6 Å². The van der Waals surface area contributed by atoms with E-state index in [1.807, 2.05) is 17.5 Å². The van der Waals surface area contributed by atoms with Gasteiger partial charge in [0, 0.05) is 38.7 Å². The molecule has 0 spiro atoms. The van der Waals surface area contributed by atoms with E-state index in [0.717, 1.165) is 33.0 Å². The van der Waals surface area contributed by atoms with E-state index in [4.69, 9.17) is 4.74 Å². The Hall–Kier alpha value is -3.16. The Morgan fingerprint density at radius 3 is 2.32 bits per heavy atom. The minimum Gasteiger partial charge on any atom is -0.497 e. The average Bonchev–Trinajstić information content (AvgIpc) is 3.22. The Balaban J connectivity index is 1.52. The van der Waals surface area contributed by atoms with Crippen molar-refractivity contribution in [1.82, 2.24) is 9.97 Å². The van der Waals surface area contributed by atoms with E-state index < -0.39 is 0 Å². The van der Waals surface area contributed by atoms with Gasteiger partial charge in [-0.15, -0.1) is 11.3 Å². The second-order valence-electron chi connectivity index (χ2n) is 6.94. The Bertz CT molecular complexity index is 1180. The Labute approximate surface area is 189 Å². The van der Waals surface area contributed by atoms with Crippen molar-refractivity contribution in [3.63, 3.8) is 0 Å². The number of amides is 1. The molecule has 0 radical (unpaired) electrons. The molecule has 4 aromatic rings. The molecule has 2 aromatic carbocycles. The van der Waals surface area contributed by atoms with Crippen LogP contribution < -0.4 is 10.1 Å². The van der Waals surface area contributed by atoms with Crippen LogP contribution in [-0.4, -0.2) is 23.0 Å². The van der Waals surface area contributed by atoms with Crippen LogP contribution in [0.4, 0.5) is 5.13 Å². The predicted octanol–water partition coefficient (Wildman–Crippen LogP) is 6.23. The molecule has 7 heteroatoms. The van der Waals surface area contributed by atoms with Gasteiger partial charge < -0.3 is 4.74 Å². The number of hydrogen-bond donors (Lipinski definition) is 1. The number of carbonyl (C=O) groups excluding carboxylic acids is 1. The first-order valence-corrected chi connectivity index (χ1v) is 11.3. The summed E-state index contributed by atoms with van der Waals surface area (Å²) >= 11 is 3.13. The molecule has 0 unspecified atom stereocenters. The van der Waals surface area contributed by atoms with Crippen molar-refractivity contribution in [1.29, 1.82) is 0 Å². The molecule has 0 saturated heterocycles. The van der Waals surface area contributed by atoms with Gasteiger partial charge in [0.15, 0.2) is 5.13 Å². The van der Waals surface area contributed by atoms with Crippen LogP contribution in [0.25, 0.3) is 11.3 Å². The van der Waals surface area contributed by atoms with Gasteiger partial charge in [0.1, 0.15) is 5.75 Å². The fourth-order valence-corrected chi connectivity index (χ4v) is 5.00. The van der Waals surface area contributed by atoms with Crippen LogP contribution in [0.15, 0.2) is 76.1 Å². The number of pyridine rings is 1. The molecule has 0 aliphatic rings. The second-order valence-corrected chi connectivity index (χ2v) is 8.94. The fraction of sp³-hybridized carbons (Fsp3) is 0.125. The number of thiazole rings is 1. The summed E-state index contributed by atoms with van der Waals surface area (Å²) in [6.45, 7) is 4.18. The largest absolute Gasteiger partial charge is 0.497 e. The standard InChI is InChI=1S/C24H21N3O2S2/c1-15-12-20(31-19-6-4-18(29-3)5-7-19)13-16(2)22(15)21-14-30-24(26-21)27-23(28)17-8-10-25-11-9-17/h4-14H,1-3H3,(H,26,27,28). The number of ether oxygens (including phenoxy) is 1. The molecule has 0 fully saturated rings. The number of aryl methyl sites for hydroxylation is 2. The summed E-state index contributed by atoms with van der Waals surface area (Å²) in [7, 11) is 1.67. The monoisotopic (exact) mass is 447 g/mol. The molecule has 31 heavy (non-hydrogen) atoms. The third-order valence-electron chi connectivity index (χ3n) is 4.72. The summed E-state index contributed by atoms with van der Waals surface area (Å²) in [4.78, 5) is 23.3. The number of methoxy groups -OCH3 is 1. The number of hydrogen-bond acceptors (Lipinski definition) is 6. The van der Waals surface area contributed by atoms with Gasteiger partial charge in [-0.1, -0.05) is 11.8 Å². The van der Waals surface area contributed by atoms with Gasteiger partial charge in [-0.25, -0.2) is 4.98 Å². The normalized spacial score (nSPS) is 10.7.